The van der Waals surface area contributed by atoms with Crippen LogP contribution in [0.5, 0.6) is 5.75 Å². The molecule has 2 N–H and O–H groups in total. The van der Waals surface area contributed by atoms with Gasteiger partial charge in [0.05, 0.1) is 18.7 Å². The topological polar surface area (TPSA) is 54.4 Å². The van der Waals surface area contributed by atoms with Gasteiger partial charge >= 0.3 is 0 Å². The van der Waals surface area contributed by atoms with Crippen molar-refractivity contribution >= 4 is 10.9 Å². The number of aliphatic hydroxyl groups excluding tert-OH is 1. The second kappa shape index (κ2) is 9.70. The first-order valence-electron chi connectivity index (χ1n) is 9.48. The van der Waals surface area contributed by atoms with Crippen molar-refractivity contribution in [2.45, 2.75) is 45.8 Å². The maximum Gasteiger partial charge on any atom is 0.119 e. The zero-order valence-corrected chi connectivity index (χ0v) is 16.4. The molecule has 0 bridgehead atoms. The number of aliphatic hydroxyl groups is 1. The first-order chi connectivity index (χ1) is 12.5. The Morgan fingerprint density at radius 1 is 1.31 bits per heavy atom. The molecular formula is C22H32N2O2. The quantitative estimate of drug-likeness (QED) is 0.616. The number of nitrogens with zero attached hydrogens (tertiary/aromatic N) is 1. The molecule has 2 aromatic rings. The fourth-order valence-electron chi connectivity index (χ4n) is 3.47. The van der Waals surface area contributed by atoms with Crippen LogP contribution in [0.3, 0.4) is 0 Å². The number of benzene rings is 1. The smallest absolute Gasteiger partial charge is 0.119 e. The minimum atomic E-state index is -0.607. The lowest BCUT2D eigenvalue weighted by molar-refractivity contribution is 0.136. The molecule has 142 valence electrons. The number of hydrogen-bond acceptors (Lipinski definition) is 4. The maximum absolute atomic E-state index is 10.9. The summed E-state index contributed by atoms with van der Waals surface area (Å²) in [6, 6.07) is 7.58. The van der Waals surface area contributed by atoms with E-state index in [-0.39, 0.29) is 6.04 Å². The van der Waals surface area contributed by atoms with E-state index in [2.05, 4.69) is 36.8 Å². The number of ether oxygens (including phenoxy) is 1. The van der Waals surface area contributed by atoms with Crippen molar-refractivity contribution in [2.75, 3.05) is 13.7 Å². The molecule has 0 saturated carbocycles. The highest BCUT2D eigenvalue weighted by Crippen LogP contribution is 2.28. The number of fused-ring (bicyclic) bond motifs is 1. The predicted octanol–water partition coefficient (Wildman–Crippen LogP) is 4.49. The molecule has 0 amide bonds. The third-order valence-corrected chi connectivity index (χ3v) is 5.35. The lowest BCUT2D eigenvalue weighted by atomic mass is 9.89. The van der Waals surface area contributed by atoms with Crippen LogP contribution in [-0.4, -0.2) is 29.8 Å². The second-order valence-electron chi connectivity index (χ2n) is 7.04. The molecule has 4 nitrogen and oxygen atoms in total. The highest BCUT2D eigenvalue weighted by atomic mass is 16.5. The molecule has 4 atom stereocenters. The summed E-state index contributed by atoms with van der Waals surface area (Å²) in [6.45, 7) is 11.3. The molecule has 0 spiro atoms. The molecule has 0 fully saturated rings. The SMILES string of the molecule is C=CC(CC)C(C)CCN[C@@H](C)[C@H](O)c1ccnc2ccc(OC)cc12. The Kier molecular flexibility index (Phi) is 7.61. The van der Waals surface area contributed by atoms with E-state index in [4.69, 9.17) is 4.74 Å². The molecule has 2 rings (SSSR count). The Labute approximate surface area is 157 Å². The standard InChI is InChI=1S/C22H32N2O2/c1-6-17(7-2)15(3)10-12-23-16(4)22(25)19-11-13-24-21-9-8-18(26-5)14-20(19)21/h6,8-9,11,13-17,22-23,25H,1,7,10,12H2,2-5H3/t15?,16-,17?,22-/m0/s1. The highest BCUT2D eigenvalue weighted by Gasteiger charge is 2.19. The van der Waals surface area contributed by atoms with Crippen LogP contribution < -0.4 is 10.1 Å². The lowest BCUT2D eigenvalue weighted by Gasteiger charge is -2.24. The van der Waals surface area contributed by atoms with Gasteiger partial charge in [-0.3, -0.25) is 4.98 Å². The summed E-state index contributed by atoms with van der Waals surface area (Å²) >= 11 is 0. The Hall–Kier alpha value is -1.91. The van der Waals surface area contributed by atoms with Gasteiger partial charge in [-0.1, -0.05) is 19.9 Å². The molecule has 2 unspecified atom stereocenters. The molecule has 1 aromatic heterocycles. The number of hydrogen-bond donors (Lipinski definition) is 2. The average molecular weight is 357 g/mol. The van der Waals surface area contributed by atoms with E-state index in [1.807, 2.05) is 31.2 Å². The van der Waals surface area contributed by atoms with Crippen molar-refractivity contribution in [3.05, 3.63) is 48.7 Å². The Bertz CT molecular complexity index is 716. The summed E-state index contributed by atoms with van der Waals surface area (Å²) in [5.74, 6) is 1.90. The zero-order chi connectivity index (χ0) is 19.1. The lowest BCUT2D eigenvalue weighted by Crippen LogP contribution is -2.34. The van der Waals surface area contributed by atoms with Crippen LogP contribution in [0.1, 0.15) is 45.3 Å². The first kappa shape index (κ1) is 20.4. The third kappa shape index (κ3) is 4.83. The van der Waals surface area contributed by atoms with Crippen molar-refractivity contribution in [3.8, 4) is 5.75 Å². The van der Waals surface area contributed by atoms with Gasteiger partial charge in [-0.15, -0.1) is 6.58 Å². The van der Waals surface area contributed by atoms with Crippen LogP contribution in [0.2, 0.25) is 0 Å². The average Bonchev–Trinajstić information content (AvgIpc) is 2.67. The van der Waals surface area contributed by atoms with E-state index >= 15 is 0 Å². The van der Waals surface area contributed by atoms with Crippen LogP contribution in [0.4, 0.5) is 0 Å². The number of pyridine rings is 1. The van der Waals surface area contributed by atoms with Crippen molar-refractivity contribution < 1.29 is 9.84 Å². The molecule has 1 aromatic carbocycles. The van der Waals surface area contributed by atoms with E-state index in [1.54, 1.807) is 13.3 Å². The number of allylic oxidation sites excluding steroid dienone is 1. The summed E-state index contributed by atoms with van der Waals surface area (Å²) in [7, 11) is 1.64. The van der Waals surface area contributed by atoms with Crippen LogP contribution in [0.25, 0.3) is 10.9 Å². The summed E-state index contributed by atoms with van der Waals surface area (Å²) in [6.07, 6.45) is 5.38. The van der Waals surface area contributed by atoms with Gasteiger partial charge in [0, 0.05) is 17.6 Å². The number of rotatable bonds is 10. The second-order valence-corrected chi connectivity index (χ2v) is 7.04. The fourth-order valence-corrected chi connectivity index (χ4v) is 3.47. The van der Waals surface area contributed by atoms with Crippen molar-refractivity contribution in [1.82, 2.24) is 10.3 Å². The molecular weight excluding hydrogens is 324 g/mol. The molecule has 0 radical (unpaired) electrons. The molecule has 1 heterocycles. The summed E-state index contributed by atoms with van der Waals surface area (Å²) in [4.78, 5) is 4.39. The maximum atomic E-state index is 10.9. The van der Waals surface area contributed by atoms with Gasteiger partial charge in [0.25, 0.3) is 0 Å². The van der Waals surface area contributed by atoms with Gasteiger partial charge in [-0.05, 0) is 68.0 Å². The minimum absolute atomic E-state index is 0.0530. The van der Waals surface area contributed by atoms with Gasteiger partial charge < -0.3 is 15.2 Å². The first-order valence-corrected chi connectivity index (χ1v) is 9.48. The minimum Gasteiger partial charge on any atom is -0.497 e. The number of methoxy groups -OCH3 is 1. The third-order valence-electron chi connectivity index (χ3n) is 5.35. The Balaban J connectivity index is 2.05. The van der Waals surface area contributed by atoms with Crippen LogP contribution in [0, 0.1) is 11.8 Å². The van der Waals surface area contributed by atoms with E-state index in [9.17, 15) is 5.11 Å². The monoisotopic (exact) mass is 356 g/mol. The normalized spacial score (nSPS) is 16.0. The van der Waals surface area contributed by atoms with Gasteiger partial charge in [0.15, 0.2) is 0 Å². The molecule has 0 saturated heterocycles. The zero-order valence-electron chi connectivity index (χ0n) is 16.4. The number of nitrogens with one attached hydrogen (secondary N) is 1. The van der Waals surface area contributed by atoms with Gasteiger partial charge in [0.2, 0.25) is 0 Å². The van der Waals surface area contributed by atoms with Crippen molar-refractivity contribution in [3.63, 3.8) is 0 Å². The van der Waals surface area contributed by atoms with Crippen molar-refractivity contribution in [1.29, 1.82) is 0 Å². The summed E-state index contributed by atoms with van der Waals surface area (Å²) in [5, 5.41) is 15.3. The van der Waals surface area contributed by atoms with E-state index in [1.165, 1.54) is 0 Å². The Morgan fingerprint density at radius 3 is 2.73 bits per heavy atom. The molecule has 0 aliphatic carbocycles. The van der Waals surface area contributed by atoms with Gasteiger partial charge in [0.1, 0.15) is 5.75 Å². The molecule has 26 heavy (non-hydrogen) atoms. The van der Waals surface area contributed by atoms with Crippen molar-refractivity contribution in [2.24, 2.45) is 11.8 Å². The largest absolute Gasteiger partial charge is 0.497 e. The van der Waals surface area contributed by atoms with E-state index < -0.39 is 6.10 Å². The van der Waals surface area contributed by atoms with Crippen LogP contribution in [0.15, 0.2) is 43.1 Å². The van der Waals surface area contributed by atoms with Crippen LogP contribution >= 0.6 is 0 Å². The van der Waals surface area contributed by atoms with Gasteiger partial charge in [-0.2, -0.15) is 0 Å². The molecule has 4 heteroatoms. The Morgan fingerprint density at radius 2 is 2.08 bits per heavy atom. The molecule has 0 aliphatic heterocycles. The van der Waals surface area contributed by atoms with E-state index in [0.717, 1.165) is 41.6 Å². The molecule has 0 aliphatic rings. The van der Waals surface area contributed by atoms with Crippen LogP contribution in [-0.2, 0) is 0 Å². The summed E-state index contributed by atoms with van der Waals surface area (Å²) < 4.78 is 5.32. The highest BCUT2D eigenvalue weighted by molar-refractivity contribution is 5.83. The fraction of sp³-hybridized carbons (Fsp3) is 0.500. The van der Waals surface area contributed by atoms with E-state index in [0.29, 0.717) is 11.8 Å². The van der Waals surface area contributed by atoms with Gasteiger partial charge in [-0.25, -0.2) is 0 Å². The number of aromatic nitrogens is 1. The summed E-state index contributed by atoms with van der Waals surface area (Å²) in [5.41, 5.74) is 1.74. The predicted molar refractivity (Wildman–Crippen MR) is 108 cm³/mol.